The maximum atomic E-state index is 12.5. The minimum Gasteiger partial charge on any atom is -0.444 e. The summed E-state index contributed by atoms with van der Waals surface area (Å²) in [5.41, 5.74) is 0.467. The Kier molecular flexibility index (Phi) is 5.27. The third-order valence-corrected chi connectivity index (χ3v) is 5.73. The van der Waals surface area contributed by atoms with Gasteiger partial charge in [-0.05, 0) is 71.6 Å². The molecule has 0 aliphatic carbocycles. The molecule has 0 radical (unpaired) electrons. The van der Waals surface area contributed by atoms with Gasteiger partial charge in [-0.2, -0.15) is 0 Å². The largest absolute Gasteiger partial charge is 0.444 e. The van der Waals surface area contributed by atoms with Crippen LogP contribution in [0.3, 0.4) is 0 Å². The predicted octanol–water partition coefficient (Wildman–Crippen LogP) is 3.18. The normalized spacial score (nSPS) is 24.7. The highest BCUT2D eigenvalue weighted by molar-refractivity contribution is 5.69. The van der Waals surface area contributed by atoms with Crippen LogP contribution in [0, 0.1) is 0 Å². The van der Waals surface area contributed by atoms with Crippen LogP contribution in [-0.4, -0.2) is 55.9 Å². The summed E-state index contributed by atoms with van der Waals surface area (Å²) in [5, 5.41) is 12.2. The van der Waals surface area contributed by atoms with Crippen LogP contribution in [-0.2, 0) is 11.2 Å². The summed E-state index contributed by atoms with van der Waals surface area (Å²) in [6.45, 7) is 6.75. The number of aryl methyl sites for hydroxylation is 1. The van der Waals surface area contributed by atoms with Crippen molar-refractivity contribution in [1.82, 2.24) is 24.8 Å². The molecule has 2 aromatic heterocycles. The Labute approximate surface area is 166 Å². The van der Waals surface area contributed by atoms with Gasteiger partial charge in [0.05, 0.1) is 0 Å². The van der Waals surface area contributed by atoms with E-state index in [1.807, 2.05) is 50.1 Å². The first kappa shape index (κ1) is 19.2. The maximum absolute atomic E-state index is 12.5. The van der Waals surface area contributed by atoms with E-state index in [1.165, 1.54) is 0 Å². The van der Waals surface area contributed by atoms with Gasteiger partial charge in [-0.25, -0.2) is 4.79 Å². The number of nitrogens with zero attached hydrogens (tertiary/aromatic N) is 4. The lowest BCUT2D eigenvalue weighted by atomic mass is 9.97. The Balaban J connectivity index is 1.25. The molecule has 1 amide bonds. The fourth-order valence-corrected chi connectivity index (χ4v) is 4.57. The first-order valence-electron chi connectivity index (χ1n) is 10.4. The second-order valence-corrected chi connectivity index (χ2v) is 9.04. The molecule has 0 spiro atoms. The van der Waals surface area contributed by atoms with Crippen LogP contribution >= 0.6 is 0 Å². The van der Waals surface area contributed by atoms with Crippen molar-refractivity contribution in [2.45, 2.75) is 83.0 Å². The highest BCUT2D eigenvalue weighted by atomic mass is 16.6. The molecule has 2 aliphatic rings. The standard InChI is InChI=1S/C21H31N5O2/c1-21(2,3)28-20(27)26-16-9-10-17(26)14-15(13-16)22-11-6-8-19-24-23-18-7-4-5-12-25(18)19/h4-5,7,12,15-17,22H,6,8-11,13-14H2,1-3H3. The Bertz CT molecular complexity index is 814. The van der Waals surface area contributed by atoms with Gasteiger partial charge in [0.25, 0.3) is 0 Å². The lowest BCUT2D eigenvalue weighted by Crippen LogP contribution is -2.52. The van der Waals surface area contributed by atoms with Gasteiger partial charge in [0, 0.05) is 30.7 Å². The second-order valence-electron chi connectivity index (χ2n) is 9.04. The summed E-state index contributed by atoms with van der Waals surface area (Å²) in [7, 11) is 0. The van der Waals surface area contributed by atoms with Crippen molar-refractivity contribution in [3.8, 4) is 0 Å². The number of fused-ring (bicyclic) bond motifs is 3. The Morgan fingerprint density at radius 2 is 1.96 bits per heavy atom. The van der Waals surface area contributed by atoms with Crippen LogP contribution in [0.4, 0.5) is 4.79 Å². The van der Waals surface area contributed by atoms with Crippen molar-refractivity contribution in [1.29, 1.82) is 0 Å². The van der Waals surface area contributed by atoms with E-state index in [0.717, 1.165) is 56.5 Å². The average Bonchev–Trinajstić information content (AvgIpc) is 3.16. The van der Waals surface area contributed by atoms with Gasteiger partial charge in [0.2, 0.25) is 0 Å². The van der Waals surface area contributed by atoms with Crippen LogP contribution in [0.5, 0.6) is 0 Å². The molecule has 28 heavy (non-hydrogen) atoms. The zero-order valence-corrected chi connectivity index (χ0v) is 17.1. The molecule has 2 atom stereocenters. The number of hydrogen-bond acceptors (Lipinski definition) is 5. The van der Waals surface area contributed by atoms with Crippen LogP contribution < -0.4 is 5.32 Å². The SMILES string of the molecule is CC(C)(C)OC(=O)N1C2CCC1CC(NCCCc1nnc3ccccn13)C2. The number of ether oxygens (including phenoxy) is 1. The fraction of sp³-hybridized carbons (Fsp3) is 0.667. The van der Waals surface area contributed by atoms with Crippen LogP contribution in [0.2, 0.25) is 0 Å². The lowest BCUT2D eigenvalue weighted by molar-refractivity contribution is 0.00475. The molecule has 4 heterocycles. The van der Waals surface area contributed by atoms with Gasteiger partial charge < -0.3 is 15.0 Å². The molecule has 0 saturated carbocycles. The number of hydrogen-bond donors (Lipinski definition) is 1. The Morgan fingerprint density at radius 1 is 1.21 bits per heavy atom. The minimum atomic E-state index is -0.433. The van der Waals surface area contributed by atoms with Crippen LogP contribution in [0.15, 0.2) is 24.4 Å². The van der Waals surface area contributed by atoms with E-state index in [2.05, 4.69) is 19.9 Å². The van der Waals surface area contributed by atoms with E-state index >= 15 is 0 Å². The summed E-state index contributed by atoms with van der Waals surface area (Å²) < 4.78 is 7.67. The summed E-state index contributed by atoms with van der Waals surface area (Å²) in [6, 6.07) is 7.06. The summed E-state index contributed by atoms with van der Waals surface area (Å²) in [6.07, 6.45) is 8.02. The molecule has 7 heteroatoms. The van der Waals surface area contributed by atoms with E-state index in [1.54, 1.807) is 0 Å². The van der Waals surface area contributed by atoms with Crippen molar-refractivity contribution in [3.05, 3.63) is 30.2 Å². The highest BCUT2D eigenvalue weighted by Gasteiger charge is 2.44. The Morgan fingerprint density at radius 3 is 2.68 bits per heavy atom. The molecule has 2 bridgehead atoms. The third-order valence-electron chi connectivity index (χ3n) is 5.73. The molecule has 2 saturated heterocycles. The van der Waals surface area contributed by atoms with E-state index < -0.39 is 5.60 Å². The van der Waals surface area contributed by atoms with E-state index in [0.29, 0.717) is 18.1 Å². The molecule has 2 unspecified atom stereocenters. The monoisotopic (exact) mass is 385 g/mol. The van der Waals surface area contributed by atoms with E-state index in [-0.39, 0.29) is 6.09 Å². The zero-order chi connectivity index (χ0) is 19.7. The van der Waals surface area contributed by atoms with Crippen molar-refractivity contribution in [2.24, 2.45) is 0 Å². The number of carbonyl (C=O) groups excluding carboxylic acids is 1. The number of aromatic nitrogens is 3. The van der Waals surface area contributed by atoms with Crippen molar-refractivity contribution in [3.63, 3.8) is 0 Å². The quantitative estimate of drug-likeness (QED) is 0.801. The average molecular weight is 386 g/mol. The van der Waals surface area contributed by atoms with Gasteiger partial charge in [0.15, 0.2) is 5.65 Å². The number of amides is 1. The second kappa shape index (κ2) is 7.70. The highest BCUT2D eigenvalue weighted by Crippen LogP contribution is 2.36. The molecular weight excluding hydrogens is 354 g/mol. The predicted molar refractivity (Wildman–Crippen MR) is 107 cm³/mol. The molecule has 152 valence electrons. The number of piperidine rings is 1. The van der Waals surface area contributed by atoms with Crippen LogP contribution in [0.25, 0.3) is 5.65 Å². The molecular formula is C21H31N5O2. The number of nitrogens with one attached hydrogen (secondary N) is 1. The Hall–Kier alpha value is -2.15. The number of carbonyl (C=O) groups is 1. The zero-order valence-electron chi connectivity index (χ0n) is 17.1. The molecule has 7 nitrogen and oxygen atoms in total. The van der Waals surface area contributed by atoms with Crippen molar-refractivity contribution >= 4 is 11.7 Å². The van der Waals surface area contributed by atoms with E-state index in [9.17, 15) is 4.79 Å². The molecule has 2 aliphatic heterocycles. The topological polar surface area (TPSA) is 71.8 Å². The molecule has 2 fully saturated rings. The van der Waals surface area contributed by atoms with Gasteiger partial charge in [-0.1, -0.05) is 6.07 Å². The first-order chi connectivity index (χ1) is 13.4. The number of pyridine rings is 1. The third kappa shape index (κ3) is 4.14. The lowest BCUT2D eigenvalue weighted by Gasteiger charge is -2.39. The van der Waals surface area contributed by atoms with Crippen molar-refractivity contribution < 1.29 is 9.53 Å². The fourth-order valence-electron chi connectivity index (χ4n) is 4.57. The molecule has 0 aromatic carbocycles. The minimum absolute atomic E-state index is 0.142. The van der Waals surface area contributed by atoms with Gasteiger partial charge in [-0.3, -0.25) is 4.40 Å². The smallest absolute Gasteiger partial charge is 0.410 e. The molecule has 4 rings (SSSR count). The van der Waals surface area contributed by atoms with Crippen molar-refractivity contribution in [2.75, 3.05) is 6.54 Å². The van der Waals surface area contributed by atoms with Gasteiger partial charge in [-0.15, -0.1) is 10.2 Å². The summed E-state index contributed by atoms with van der Waals surface area (Å²) >= 11 is 0. The summed E-state index contributed by atoms with van der Waals surface area (Å²) in [5.74, 6) is 1.01. The molecule has 1 N–H and O–H groups in total. The van der Waals surface area contributed by atoms with Gasteiger partial charge in [0.1, 0.15) is 11.4 Å². The molecule has 2 aromatic rings. The summed E-state index contributed by atoms with van der Waals surface area (Å²) in [4.78, 5) is 14.6. The maximum Gasteiger partial charge on any atom is 0.410 e. The van der Waals surface area contributed by atoms with Gasteiger partial charge >= 0.3 is 6.09 Å². The van der Waals surface area contributed by atoms with Crippen LogP contribution in [0.1, 0.15) is 58.7 Å². The number of rotatable bonds is 5. The first-order valence-corrected chi connectivity index (χ1v) is 10.4. The van der Waals surface area contributed by atoms with E-state index in [4.69, 9.17) is 4.74 Å².